The van der Waals surface area contributed by atoms with Crippen molar-refractivity contribution in [1.82, 2.24) is 9.97 Å². The number of rotatable bonds is 5. The zero-order chi connectivity index (χ0) is 21.3. The summed E-state index contributed by atoms with van der Waals surface area (Å²) in [7, 11) is 0. The highest BCUT2D eigenvalue weighted by atomic mass is 32.1. The molecule has 0 saturated carbocycles. The molecule has 0 fully saturated rings. The maximum absolute atomic E-state index is 13.5. The molecule has 152 valence electrons. The number of hydrogen-bond donors (Lipinski definition) is 0. The lowest BCUT2D eigenvalue weighted by Gasteiger charge is -2.20. The van der Waals surface area contributed by atoms with Gasteiger partial charge in [-0.2, -0.15) is 0 Å². The van der Waals surface area contributed by atoms with Crippen LogP contribution in [0.4, 0.5) is 5.13 Å². The van der Waals surface area contributed by atoms with Gasteiger partial charge in [0.1, 0.15) is 0 Å². The molecule has 2 aromatic carbocycles. The van der Waals surface area contributed by atoms with Crippen LogP contribution in [-0.4, -0.2) is 15.9 Å². The van der Waals surface area contributed by atoms with Crippen LogP contribution >= 0.6 is 11.3 Å². The number of amides is 1. The summed E-state index contributed by atoms with van der Waals surface area (Å²) in [5.74, 6) is 0.0410. The molecular formula is C25H25N3OS. The van der Waals surface area contributed by atoms with E-state index in [0.717, 1.165) is 32.0 Å². The van der Waals surface area contributed by atoms with Crippen molar-refractivity contribution in [3.63, 3.8) is 0 Å². The highest BCUT2D eigenvalue weighted by Crippen LogP contribution is 2.33. The van der Waals surface area contributed by atoms with Crippen LogP contribution in [0.3, 0.4) is 0 Å². The topological polar surface area (TPSA) is 46.1 Å². The zero-order valence-corrected chi connectivity index (χ0v) is 18.6. The van der Waals surface area contributed by atoms with Crippen LogP contribution in [0.5, 0.6) is 0 Å². The Morgan fingerprint density at radius 2 is 1.80 bits per heavy atom. The fourth-order valence-electron chi connectivity index (χ4n) is 3.72. The van der Waals surface area contributed by atoms with E-state index < -0.39 is 0 Å². The average molecular weight is 416 g/mol. The Morgan fingerprint density at radius 3 is 2.53 bits per heavy atom. The van der Waals surface area contributed by atoms with Crippen molar-refractivity contribution in [3.8, 4) is 0 Å². The molecule has 4 rings (SSSR count). The second kappa shape index (κ2) is 8.36. The number of thiazole rings is 1. The van der Waals surface area contributed by atoms with E-state index in [0.29, 0.717) is 13.0 Å². The van der Waals surface area contributed by atoms with Crippen molar-refractivity contribution in [2.24, 2.45) is 0 Å². The summed E-state index contributed by atoms with van der Waals surface area (Å²) < 4.78 is 1.13. The first-order chi connectivity index (χ1) is 14.4. The third-order valence-corrected chi connectivity index (χ3v) is 6.47. The summed E-state index contributed by atoms with van der Waals surface area (Å²) in [4.78, 5) is 24.3. The van der Waals surface area contributed by atoms with E-state index in [1.54, 1.807) is 28.6 Å². The van der Waals surface area contributed by atoms with Crippen molar-refractivity contribution in [2.45, 2.75) is 40.7 Å². The van der Waals surface area contributed by atoms with Gasteiger partial charge in [0.25, 0.3) is 0 Å². The second-order valence-electron chi connectivity index (χ2n) is 7.87. The number of hydrogen-bond acceptors (Lipinski definition) is 4. The van der Waals surface area contributed by atoms with Gasteiger partial charge in [0.2, 0.25) is 5.91 Å². The molecule has 0 N–H and O–H groups in total. The van der Waals surface area contributed by atoms with E-state index in [2.05, 4.69) is 63.0 Å². The number of carbonyl (C=O) groups is 1. The number of fused-ring (bicyclic) bond motifs is 1. The largest absolute Gasteiger partial charge is 0.283 e. The minimum absolute atomic E-state index is 0.0410. The Balaban J connectivity index is 1.72. The van der Waals surface area contributed by atoms with E-state index in [-0.39, 0.29) is 5.91 Å². The number of carbonyl (C=O) groups excluding carboxylic acids is 1. The van der Waals surface area contributed by atoms with Gasteiger partial charge in [0.05, 0.1) is 23.2 Å². The second-order valence-corrected chi connectivity index (χ2v) is 8.85. The summed E-state index contributed by atoms with van der Waals surface area (Å²) in [5, 5.41) is 0.734. The molecule has 30 heavy (non-hydrogen) atoms. The van der Waals surface area contributed by atoms with Crippen molar-refractivity contribution in [1.29, 1.82) is 0 Å². The maximum Gasteiger partial charge on any atom is 0.233 e. The van der Waals surface area contributed by atoms with Crippen LogP contribution in [0.25, 0.3) is 10.2 Å². The lowest BCUT2D eigenvalue weighted by Crippen LogP contribution is -2.32. The zero-order valence-electron chi connectivity index (χ0n) is 17.8. The molecule has 0 unspecified atom stereocenters. The third kappa shape index (κ3) is 4.26. The summed E-state index contributed by atoms with van der Waals surface area (Å²) in [6.07, 6.45) is 3.90. The standard InChI is InChI=1S/C25H25N3OS/c1-16-7-8-21(18(3)10-16)13-23(29)28(15-20-6-5-9-26-14-20)25-27-22-12-17(2)11-19(4)24(22)30-25/h5-12,14H,13,15H2,1-4H3. The van der Waals surface area contributed by atoms with Crippen LogP contribution < -0.4 is 4.90 Å². The maximum atomic E-state index is 13.5. The summed E-state index contributed by atoms with van der Waals surface area (Å²) in [5.41, 5.74) is 7.69. The van der Waals surface area contributed by atoms with Gasteiger partial charge in [-0.05, 0) is 67.6 Å². The van der Waals surface area contributed by atoms with Crippen LogP contribution in [0.2, 0.25) is 0 Å². The third-order valence-electron chi connectivity index (χ3n) is 5.24. The summed E-state index contributed by atoms with van der Waals surface area (Å²) in [6, 6.07) is 14.4. The lowest BCUT2D eigenvalue weighted by molar-refractivity contribution is -0.118. The van der Waals surface area contributed by atoms with Gasteiger partial charge < -0.3 is 0 Å². The fraction of sp³-hybridized carbons (Fsp3) is 0.240. The van der Waals surface area contributed by atoms with Crippen LogP contribution in [-0.2, 0) is 17.8 Å². The first kappa shape index (κ1) is 20.2. The molecule has 0 atom stereocenters. The molecule has 0 radical (unpaired) electrons. The van der Waals surface area contributed by atoms with Crippen molar-refractivity contribution < 1.29 is 4.79 Å². The Hall–Kier alpha value is -3.05. The molecule has 0 aliphatic heterocycles. The quantitative estimate of drug-likeness (QED) is 0.420. The van der Waals surface area contributed by atoms with Crippen molar-refractivity contribution >= 4 is 32.6 Å². The monoisotopic (exact) mass is 415 g/mol. The van der Waals surface area contributed by atoms with Crippen LogP contribution in [0, 0.1) is 27.7 Å². The minimum atomic E-state index is 0.0410. The first-order valence-corrected chi connectivity index (χ1v) is 10.9. The van der Waals surface area contributed by atoms with Crippen molar-refractivity contribution in [3.05, 3.63) is 88.2 Å². The summed E-state index contributed by atoms with van der Waals surface area (Å²) in [6.45, 7) is 8.75. The van der Waals surface area contributed by atoms with E-state index in [1.165, 1.54) is 16.7 Å². The predicted octanol–water partition coefficient (Wildman–Crippen LogP) is 5.70. The lowest BCUT2D eigenvalue weighted by atomic mass is 10.0. The predicted molar refractivity (Wildman–Crippen MR) is 124 cm³/mol. The molecular weight excluding hydrogens is 390 g/mol. The molecule has 2 aromatic heterocycles. The molecule has 0 spiro atoms. The number of nitrogens with zero attached hydrogens (tertiary/aromatic N) is 3. The number of pyridine rings is 1. The van der Waals surface area contributed by atoms with Gasteiger partial charge in [0, 0.05) is 12.4 Å². The fourth-order valence-corrected chi connectivity index (χ4v) is 4.75. The molecule has 0 aliphatic carbocycles. The molecule has 5 heteroatoms. The van der Waals surface area contributed by atoms with Gasteiger partial charge in [0.15, 0.2) is 5.13 Å². The highest BCUT2D eigenvalue weighted by molar-refractivity contribution is 7.22. The molecule has 0 aliphatic rings. The van der Waals surface area contributed by atoms with Crippen LogP contribution in [0.1, 0.15) is 33.4 Å². The molecule has 2 heterocycles. The van der Waals surface area contributed by atoms with Crippen molar-refractivity contribution in [2.75, 3.05) is 4.90 Å². The Kier molecular flexibility index (Phi) is 5.64. The molecule has 0 bridgehead atoms. The number of aromatic nitrogens is 2. The van der Waals surface area contributed by atoms with Gasteiger partial charge in [-0.25, -0.2) is 4.98 Å². The molecule has 0 saturated heterocycles. The Labute approximate surface area is 181 Å². The Bertz CT molecular complexity index is 1210. The Morgan fingerprint density at radius 1 is 1.00 bits per heavy atom. The van der Waals surface area contributed by atoms with E-state index >= 15 is 0 Å². The van der Waals surface area contributed by atoms with Crippen LogP contribution in [0.15, 0.2) is 54.9 Å². The molecule has 4 aromatic rings. The van der Waals surface area contributed by atoms with E-state index in [9.17, 15) is 4.79 Å². The van der Waals surface area contributed by atoms with Gasteiger partial charge in [-0.3, -0.25) is 14.7 Å². The van der Waals surface area contributed by atoms with E-state index in [1.807, 2.05) is 12.1 Å². The first-order valence-electron chi connectivity index (χ1n) is 10.0. The van der Waals surface area contributed by atoms with E-state index in [4.69, 9.17) is 4.98 Å². The number of aryl methyl sites for hydroxylation is 4. The minimum Gasteiger partial charge on any atom is -0.283 e. The van der Waals surface area contributed by atoms with Gasteiger partial charge >= 0.3 is 0 Å². The number of benzene rings is 2. The molecule has 1 amide bonds. The number of anilines is 1. The van der Waals surface area contributed by atoms with Gasteiger partial charge in [-0.15, -0.1) is 0 Å². The smallest absolute Gasteiger partial charge is 0.233 e. The molecule has 4 nitrogen and oxygen atoms in total. The SMILES string of the molecule is Cc1ccc(CC(=O)N(Cc2cccnc2)c2nc3cc(C)cc(C)c3s2)c(C)c1. The highest BCUT2D eigenvalue weighted by Gasteiger charge is 2.22. The normalized spacial score (nSPS) is 11.1. The van der Waals surface area contributed by atoms with Gasteiger partial charge in [-0.1, -0.05) is 47.2 Å². The average Bonchev–Trinajstić information content (AvgIpc) is 3.13. The summed E-state index contributed by atoms with van der Waals surface area (Å²) >= 11 is 1.58.